The fraction of sp³-hybridized carbons (Fsp3) is 0.143. The zero-order chi connectivity index (χ0) is 21.8. The maximum Gasteiger partial charge on any atom is 0.338 e. The first-order valence-corrected chi connectivity index (χ1v) is 9.35. The van der Waals surface area contributed by atoms with Crippen molar-refractivity contribution >= 4 is 46.7 Å². The summed E-state index contributed by atoms with van der Waals surface area (Å²) in [5.74, 6) is -3.24. The molecule has 1 aliphatic heterocycles. The van der Waals surface area contributed by atoms with Gasteiger partial charge in [-0.05, 0) is 48.4 Å². The Morgan fingerprint density at radius 3 is 2.17 bits per heavy atom. The van der Waals surface area contributed by atoms with E-state index in [0.717, 1.165) is 4.90 Å². The highest BCUT2D eigenvalue weighted by Crippen LogP contribution is 2.30. The van der Waals surface area contributed by atoms with E-state index in [-0.39, 0.29) is 27.5 Å². The highest BCUT2D eigenvalue weighted by molar-refractivity contribution is 6.53. The van der Waals surface area contributed by atoms with Crippen molar-refractivity contribution < 1.29 is 29.0 Å². The SMILES string of the molecule is CCCOC(=O)c1ccc(N2C(=O)C(Cl)=C(Nc3ccc(C(=O)[O-])cc3)C2=O)cc1. The van der Waals surface area contributed by atoms with Gasteiger partial charge in [0, 0.05) is 5.69 Å². The molecule has 1 aliphatic rings. The van der Waals surface area contributed by atoms with Gasteiger partial charge in [0.15, 0.2) is 0 Å². The summed E-state index contributed by atoms with van der Waals surface area (Å²) in [4.78, 5) is 48.9. The molecule has 0 aliphatic carbocycles. The van der Waals surface area contributed by atoms with Crippen LogP contribution in [0.3, 0.4) is 0 Å². The van der Waals surface area contributed by atoms with E-state index in [4.69, 9.17) is 16.3 Å². The summed E-state index contributed by atoms with van der Waals surface area (Å²) in [6, 6.07) is 11.2. The number of nitrogens with one attached hydrogen (secondary N) is 1. The van der Waals surface area contributed by atoms with Crippen molar-refractivity contribution in [3.05, 3.63) is 70.4 Å². The molecule has 1 heterocycles. The topological polar surface area (TPSA) is 116 Å². The maximum atomic E-state index is 12.8. The number of hydrogen-bond acceptors (Lipinski definition) is 7. The molecule has 0 fully saturated rings. The first-order valence-electron chi connectivity index (χ1n) is 8.97. The molecule has 3 rings (SSSR count). The third kappa shape index (κ3) is 4.18. The summed E-state index contributed by atoms with van der Waals surface area (Å²) in [6.07, 6.45) is 0.691. The minimum absolute atomic E-state index is 0.0337. The van der Waals surface area contributed by atoms with E-state index in [2.05, 4.69) is 5.32 Å². The molecule has 154 valence electrons. The number of rotatable bonds is 7. The molecule has 8 nitrogen and oxygen atoms in total. The lowest BCUT2D eigenvalue weighted by Crippen LogP contribution is -2.32. The summed E-state index contributed by atoms with van der Waals surface area (Å²) in [5, 5.41) is 13.3. The maximum absolute atomic E-state index is 12.8. The van der Waals surface area contributed by atoms with E-state index in [1.807, 2.05) is 6.92 Å². The van der Waals surface area contributed by atoms with Gasteiger partial charge in [-0.1, -0.05) is 30.7 Å². The van der Waals surface area contributed by atoms with Crippen LogP contribution in [0.25, 0.3) is 0 Å². The Labute approximate surface area is 176 Å². The molecule has 9 heteroatoms. The highest BCUT2D eigenvalue weighted by atomic mass is 35.5. The second-order valence-corrected chi connectivity index (χ2v) is 6.69. The second-order valence-electron chi connectivity index (χ2n) is 6.31. The molecule has 1 N–H and O–H groups in total. The fourth-order valence-corrected chi connectivity index (χ4v) is 2.92. The van der Waals surface area contributed by atoms with Gasteiger partial charge in [0.1, 0.15) is 10.7 Å². The fourth-order valence-electron chi connectivity index (χ4n) is 2.70. The van der Waals surface area contributed by atoms with Gasteiger partial charge in [0.05, 0.1) is 23.8 Å². The lowest BCUT2D eigenvalue weighted by Gasteiger charge is -2.15. The van der Waals surface area contributed by atoms with Crippen molar-refractivity contribution in [1.82, 2.24) is 0 Å². The standard InChI is InChI=1S/C21H17ClN2O6/c1-2-11-30-21(29)13-5-9-15(10-6-13)24-18(25)16(22)17(19(24)26)23-14-7-3-12(4-8-14)20(27)28/h3-10,23H,2,11H2,1H3,(H,27,28)/p-1. The monoisotopic (exact) mass is 427 g/mol. The lowest BCUT2D eigenvalue weighted by atomic mass is 10.2. The van der Waals surface area contributed by atoms with Gasteiger partial charge in [-0.25, -0.2) is 9.69 Å². The third-order valence-electron chi connectivity index (χ3n) is 4.22. The average molecular weight is 428 g/mol. The van der Waals surface area contributed by atoms with Gasteiger partial charge in [-0.2, -0.15) is 0 Å². The molecule has 30 heavy (non-hydrogen) atoms. The molecule has 0 aromatic heterocycles. The molecule has 0 saturated heterocycles. The molecule has 0 unspecified atom stereocenters. The molecular weight excluding hydrogens is 412 g/mol. The number of halogens is 1. The number of carboxylic acid groups (broad SMARTS) is 1. The number of hydrogen-bond donors (Lipinski definition) is 1. The molecule has 0 bridgehead atoms. The Morgan fingerprint density at radius 1 is 1.00 bits per heavy atom. The minimum Gasteiger partial charge on any atom is -0.545 e. The molecule has 0 radical (unpaired) electrons. The van der Waals surface area contributed by atoms with Crippen LogP contribution in [-0.4, -0.2) is 30.4 Å². The van der Waals surface area contributed by atoms with E-state index in [9.17, 15) is 24.3 Å². The molecule has 2 amide bonds. The van der Waals surface area contributed by atoms with Crippen LogP contribution in [0.4, 0.5) is 11.4 Å². The number of anilines is 2. The lowest BCUT2D eigenvalue weighted by molar-refractivity contribution is -0.255. The smallest absolute Gasteiger partial charge is 0.338 e. The van der Waals surface area contributed by atoms with Crippen LogP contribution in [0.1, 0.15) is 34.1 Å². The van der Waals surface area contributed by atoms with Crippen LogP contribution < -0.4 is 15.3 Å². The van der Waals surface area contributed by atoms with E-state index >= 15 is 0 Å². The van der Waals surface area contributed by atoms with Crippen molar-refractivity contribution in [2.24, 2.45) is 0 Å². The van der Waals surface area contributed by atoms with Gasteiger partial charge >= 0.3 is 5.97 Å². The van der Waals surface area contributed by atoms with Crippen LogP contribution in [-0.2, 0) is 14.3 Å². The summed E-state index contributed by atoms with van der Waals surface area (Å²) in [5.41, 5.74) is 0.712. The Hall–Kier alpha value is -3.65. The number of carbonyl (C=O) groups is 4. The summed E-state index contributed by atoms with van der Waals surface area (Å²) >= 11 is 6.07. The number of carbonyl (C=O) groups excluding carboxylic acids is 4. The quantitative estimate of drug-likeness (QED) is 0.531. The summed E-state index contributed by atoms with van der Waals surface area (Å²) < 4.78 is 5.04. The van der Waals surface area contributed by atoms with Crippen LogP contribution in [0.15, 0.2) is 59.3 Å². The molecule has 0 atom stereocenters. The van der Waals surface area contributed by atoms with Crippen LogP contribution >= 0.6 is 11.6 Å². The van der Waals surface area contributed by atoms with Crippen molar-refractivity contribution in [2.45, 2.75) is 13.3 Å². The normalized spacial score (nSPS) is 13.6. The summed E-state index contributed by atoms with van der Waals surface area (Å²) in [7, 11) is 0. The van der Waals surface area contributed by atoms with Gasteiger partial charge < -0.3 is 20.0 Å². The molecule has 0 spiro atoms. The summed E-state index contributed by atoms with van der Waals surface area (Å²) in [6.45, 7) is 2.17. The number of amides is 2. The van der Waals surface area contributed by atoms with Gasteiger partial charge in [0.25, 0.3) is 11.8 Å². The van der Waals surface area contributed by atoms with Gasteiger partial charge in [0.2, 0.25) is 0 Å². The van der Waals surface area contributed by atoms with Crippen molar-refractivity contribution in [3.63, 3.8) is 0 Å². The van der Waals surface area contributed by atoms with E-state index in [0.29, 0.717) is 18.7 Å². The predicted molar refractivity (Wildman–Crippen MR) is 107 cm³/mol. The number of aromatic carboxylic acids is 1. The number of ether oxygens (including phenoxy) is 1. The van der Waals surface area contributed by atoms with Gasteiger partial charge in [-0.15, -0.1) is 0 Å². The van der Waals surface area contributed by atoms with Crippen LogP contribution in [0.2, 0.25) is 0 Å². The number of carboxylic acids is 1. The van der Waals surface area contributed by atoms with Crippen molar-refractivity contribution in [2.75, 3.05) is 16.8 Å². The largest absolute Gasteiger partial charge is 0.545 e. The Kier molecular flexibility index (Phi) is 6.17. The third-order valence-corrected chi connectivity index (χ3v) is 4.57. The van der Waals surface area contributed by atoms with Crippen molar-refractivity contribution in [1.29, 1.82) is 0 Å². The van der Waals surface area contributed by atoms with E-state index in [1.54, 1.807) is 0 Å². The first-order chi connectivity index (χ1) is 14.3. The van der Waals surface area contributed by atoms with E-state index in [1.165, 1.54) is 48.5 Å². The molecular formula is C21H16ClN2O6-. The number of benzene rings is 2. The Bertz CT molecular complexity index is 1040. The average Bonchev–Trinajstić information content (AvgIpc) is 2.95. The number of imide groups is 1. The second kappa shape index (κ2) is 8.79. The van der Waals surface area contributed by atoms with E-state index < -0.39 is 23.8 Å². The molecule has 2 aromatic carbocycles. The van der Waals surface area contributed by atoms with Gasteiger partial charge in [-0.3, -0.25) is 9.59 Å². The molecule has 0 saturated carbocycles. The zero-order valence-electron chi connectivity index (χ0n) is 15.8. The predicted octanol–water partition coefficient (Wildman–Crippen LogP) is 2.05. The number of nitrogens with zero attached hydrogens (tertiary/aromatic N) is 1. The first kappa shape index (κ1) is 21.1. The van der Waals surface area contributed by atoms with Crippen LogP contribution in [0, 0.1) is 0 Å². The Morgan fingerprint density at radius 2 is 1.60 bits per heavy atom. The van der Waals surface area contributed by atoms with Crippen molar-refractivity contribution in [3.8, 4) is 0 Å². The van der Waals surface area contributed by atoms with Crippen LogP contribution in [0.5, 0.6) is 0 Å². The molecule has 2 aromatic rings. The number of esters is 1. The Balaban J connectivity index is 1.78. The highest BCUT2D eigenvalue weighted by Gasteiger charge is 2.39. The zero-order valence-corrected chi connectivity index (χ0v) is 16.6. The minimum atomic E-state index is -1.33.